The number of carbonyl (C=O) groups excluding carboxylic acids is 1. The molecule has 1 aliphatic carbocycles. The SMILES string of the molecule is Cc1nc2ccc(NC(=O)CSc3nc4sc5c(c4c(=O)[nH]3)CCCC5)cc2s1. The fourth-order valence-electron chi connectivity index (χ4n) is 3.66. The molecule has 0 bridgehead atoms. The van der Waals surface area contributed by atoms with E-state index >= 15 is 0 Å². The Morgan fingerprint density at radius 1 is 1.24 bits per heavy atom. The summed E-state index contributed by atoms with van der Waals surface area (Å²) >= 11 is 4.47. The molecule has 0 radical (unpaired) electrons. The summed E-state index contributed by atoms with van der Waals surface area (Å²) < 4.78 is 1.05. The molecule has 2 N–H and O–H groups in total. The van der Waals surface area contributed by atoms with Gasteiger partial charge in [0.05, 0.1) is 26.4 Å². The molecule has 4 aromatic rings. The molecule has 0 spiro atoms. The third-order valence-corrected chi connectivity index (χ3v) is 7.92. The lowest BCUT2D eigenvalue weighted by molar-refractivity contribution is -0.113. The van der Waals surface area contributed by atoms with Crippen molar-refractivity contribution in [3.8, 4) is 0 Å². The molecule has 0 atom stereocenters. The van der Waals surface area contributed by atoms with Crippen molar-refractivity contribution in [1.29, 1.82) is 0 Å². The van der Waals surface area contributed by atoms with Crippen molar-refractivity contribution < 1.29 is 4.79 Å². The number of hydrogen-bond acceptors (Lipinski definition) is 7. The number of hydrogen-bond donors (Lipinski definition) is 2. The number of H-pyrrole nitrogens is 1. The second kappa shape index (κ2) is 7.55. The van der Waals surface area contributed by atoms with Gasteiger partial charge in [0.1, 0.15) is 4.83 Å². The molecule has 0 saturated heterocycles. The van der Waals surface area contributed by atoms with Crippen LogP contribution in [0.2, 0.25) is 0 Å². The summed E-state index contributed by atoms with van der Waals surface area (Å²) in [7, 11) is 0. The highest BCUT2D eigenvalue weighted by Gasteiger charge is 2.20. The molecule has 9 heteroatoms. The first-order valence-electron chi connectivity index (χ1n) is 9.41. The number of aryl methyl sites for hydroxylation is 3. The van der Waals surface area contributed by atoms with Gasteiger partial charge in [-0.1, -0.05) is 11.8 Å². The number of carbonyl (C=O) groups is 1. The Balaban J connectivity index is 1.30. The molecule has 148 valence electrons. The highest BCUT2D eigenvalue weighted by Crippen LogP contribution is 2.34. The summed E-state index contributed by atoms with van der Waals surface area (Å²) in [5.74, 6) is 0.0445. The van der Waals surface area contributed by atoms with Crippen LogP contribution in [0.3, 0.4) is 0 Å². The van der Waals surface area contributed by atoms with E-state index in [9.17, 15) is 9.59 Å². The predicted octanol–water partition coefficient (Wildman–Crippen LogP) is 4.51. The largest absolute Gasteiger partial charge is 0.325 e. The smallest absolute Gasteiger partial charge is 0.260 e. The Kier molecular flexibility index (Phi) is 4.89. The molecule has 0 saturated carbocycles. The Morgan fingerprint density at radius 2 is 2.10 bits per heavy atom. The third-order valence-electron chi connectivity index (χ3n) is 4.92. The average Bonchev–Trinajstić information content (AvgIpc) is 3.25. The number of thiazole rings is 1. The molecule has 6 nitrogen and oxygen atoms in total. The summed E-state index contributed by atoms with van der Waals surface area (Å²) in [5.41, 5.74) is 2.76. The molecule has 1 amide bonds. The van der Waals surface area contributed by atoms with Crippen molar-refractivity contribution in [2.75, 3.05) is 11.1 Å². The van der Waals surface area contributed by atoms with Crippen LogP contribution in [0, 0.1) is 6.92 Å². The van der Waals surface area contributed by atoms with Crippen LogP contribution in [0.1, 0.15) is 28.3 Å². The molecule has 0 aliphatic heterocycles. The van der Waals surface area contributed by atoms with Gasteiger partial charge in [0.25, 0.3) is 5.56 Å². The molecule has 3 heterocycles. The van der Waals surface area contributed by atoms with Crippen molar-refractivity contribution in [2.24, 2.45) is 0 Å². The summed E-state index contributed by atoms with van der Waals surface area (Å²) in [5, 5.41) is 5.14. The minimum absolute atomic E-state index is 0.0941. The molecule has 1 aliphatic rings. The Morgan fingerprint density at radius 3 is 3.00 bits per heavy atom. The number of thioether (sulfide) groups is 1. The highest BCUT2D eigenvalue weighted by molar-refractivity contribution is 7.99. The zero-order valence-corrected chi connectivity index (χ0v) is 18.2. The van der Waals surface area contributed by atoms with Crippen LogP contribution >= 0.6 is 34.4 Å². The van der Waals surface area contributed by atoms with Crippen molar-refractivity contribution in [3.63, 3.8) is 0 Å². The number of benzene rings is 1. The van der Waals surface area contributed by atoms with Crippen LogP contribution in [0.4, 0.5) is 5.69 Å². The lowest BCUT2D eigenvalue weighted by Crippen LogP contribution is -2.15. The first-order chi connectivity index (χ1) is 14.1. The van der Waals surface area contributed by atoms with E-state index in [-0.39, 0.29) is 17.2 Å². The fraction of sp³-hybridized carbons (Fsp3) is 0.300. The monoisotopic (exact) mass is 442 g/mol. The minimum atomic E-state index is -0.135. The Hall–Kier alpha value is -2.23. The number of aromatic nitrogens is 3. The van der Waals surface area contributed by atoms with E-state index in [4.69, 9.17) is 0 Å². The van der Waals surface area contributed by atoms with E-state index in [2.05, 4.69) is 20.3 Å². The summed E-state index contributed by atoms with van der Waals surface area (Å²) in [6.07, 6.45) is 4.29. The van der Waals surface area contributed by atoms with Gasteiger partial charge >= 0.3 is 0 Å². The van der Waals surface area contributed by atoms with Crippen molar-refractivity contribution in [3.05, 3.63) is 44.0 Å². The minimum Gasteiger partial charge on any atom is -0.325 e. The van der Waals surface area contributed by atoms with Gasteiger partial charge < -0.3 is 10.3 Å². The average molecular weight is 443 g/mol. The number of fused-ring (bicyclic) bond motifs is 4. The molecule has 3 aromatic heterocycles. The van der Waals surface area contributed by atoms with E-state index in [0.29, 0.717) is 5.16 Å². The number of nitrogens with one attached hydrogen (secondary N) is 2. The van der Waals surface area contributed by atoms with Gasteiger partial charge in [-0.25, -0.2) is 9.97 Å². The van der Waals surface area contributed by atoms with Crippen molar-refractivity contribution in [1.82, 2.24) is 15.0 Å². The lowest BCUT2D eigenvalue weighted by Gasteiger charge is -2.09. The fourth-order valence-corrected chi connectivity index (χ4v) is 6.51. The number of nitrogens with zero attached hydrogens (tertiary/aromatic N) is 2. The highest BCUT2D eigenvalue weighted by atomic mass is 32.2. The Labute approximate surface area is 178 Å². The summed E-state index contributed by atoms with van der Waals surface area (Å²) in [6, 6.07) is 5.70. The molecular weight excluding hydrogens is 424 g/mol. The van der Waals surface area contributed by atoms with E-state index < -0.39 is 0 Å². The Bertz CT molecular complexity index is 1300. The van der Waals surface area contributed by atoms with Crippen LogP contribution in [-0.4, -0.2) is 26.6 Å². The summed E-state index contributed by atoms with van der Waals surface area (Å²) in [6.45, 7) is 1.97. The number of amides is 1. The molecule has 1 aromatic carbocycles. The topological polar surface area (TPSA) is 87.7 Å². The van der Waals surface area contributed by atoms with Gasteiger partial charge in [0.2, 0.25) is 5.91 Å². The van der Waals surface area contributed by atoms with Crippen LogP contribution in [-0.2, 0) is 17.6 Å². The van der Waals surface area contributed by atoms with Crippen LogP contribution in [0.25, 0.3) is 20.4 Å². The first kappa shape index (κ1) is 18.8. The summed E-state index contributed by atoms with van der Waals surface area (Å²) in [4.78, 5) is 38.9. The van der Waals surface area contributed by atoms with Gasteiger partial charge in [-0.15, -0.1) is 22.7 Å². The second-order valence-corrected chi connectivity index (χ2v) is 10.3. The van der Waals surface area contributed by atoms with Crippen LogP contribution in [0.5, 0.6) is 0 Å². The zero-order valence-electron chi connectivity index (χ0n) is 15.7. The quantitative estimate of drug-likeness (QED) is 0.359. The van der Waals surface area contributed by atoms with Crippen molar-refractivity contribution >= 4 is 66.5 Å². The van der Waals surface area contributed by atoms with Gasteiger partial charge in [-0.05, 0) is 56.4 Å². The lowest BCUT2D eigenvalue weighted by atomic mass is 9.97. The van der Waals surface area contributed by atoms with E-state index in [1.54, 1.807) is 22.7 Å². The standard InChI is InChI=1S/C20H18N4O2S3/c1-10-21-13-7-6-11(8-15(13)28-10)22-16(25)9-27-20-23-18(26)17-12-4-2-3-5-14(12)29-19(17)24-20/h6-8H,2-5,9H2,1H3,(H,22,25)(H,23,24,26). The van der Waals surface area contributed by atoms with Gasteiger partial charge in [-0.2, -0.15) is 0 Å². The number of aromatic amines is 1. The van der Waals surface area contributed by atoms with Crippen LogP contribution in [0.15, 0.2) is 28.2 Å². The normalized spacial score (nSPS) is 13.7. The zero-order chi connectivity index (χ0) is 20.0. The van der Waals surface area contributed by atoms with Crippen molar-refractivity contribution in [2.45, 2.75) is 37.8 Å². The maximum absolute atomic E-state index is 12.6. The third kappa shape index (κ3) is 3.70. The first-order valence-corrected chi connectivity index (χ1v) is 12.0. The molecular formula is C20H18N4O2S3. The van der Waals surface area contributed by atoms with E-state index in [1.165, 1.54) is 28.6 Å². The number of anilines is 1. The predicted molar refractivity (Wildman–Crippen MR) is 121 cm³/mol. The molecule has 0 fully saturated rings. The molecule has 0 unspecified atom stereocenters. The number of rotatable bonds is 4. The van der Waals surface area contributed by atoms with Gasteiger partial charge in [0, 0.05) is 10.6 Å². The van der Waals surface area contributed by atoms with Gasteiger partial charge in [-0.3, -0.25) is 9.59 Å². The van der Waals surface area contributed by atoms with E-state index in [1.807, 2.05) is 25.1 Å². The maximum Gasteiger partial charge on any atom is 0.260 e. The van der Waals surface area contributed by atoms with Gasteiger partial charge in [0.15, 0.2) is 5.16 Å². The second-order valence-electron chi connectivity index (χ2n) is 7.01. The molecule has 29 heavy (non-hydrogen) atoms. The van der Waals surface area contributed by atoms with Crippen LogP contribution < -0.4 is 10.9 Å². The number of thiophene rings is 1. The van der Waals surface area contributed by atoms with E-state index in [0.717, 1.165) is 50.4 Å². The molecule has 5 rings (SSSR count). The maximum atomic E-state index is 12.6.